The molecule has 1 aliphatic carbocycles. The molecule has 1 saturated carbocycles. The van der Waals surface area contributed by atoms with Crippen molar-refractivity contribution in [2.75, 3.05) is 5.32 Å². The molecular weight excluding hydrogens is 387 g/mol. The van der Waals surface area contributed by atoms with E-state index in [9.17, 15) is 23.1 Å². The van der Waals surface area contributed by atoms with Crippen LogP contribution in [0.1, 0.15) is 29.7 Å². The molecular formula is C20H20F3N3O3. The second-order valence-electron chi connectivity index (χ2n) is 8.30. The normalized spacial score (nSPS) is 34.9. The third-order valence-electron chi connectivity index (χ3n) is 6.73. The van der Waals surface area contributed by atoms with Gasteiger partial charge in [-0.1, -0.05) is 6.07 Å². The SMILES string of the molecule is Cc1nn(C)cc1[C@@]12C[C@]1(C(=O)Nc1cccc(C(F)(F)F)c1)[C@H]1C[C@H](O)[C@@H]2O1. The Kier molecular flexibility index (Phi) is 3.60. The van der Waals surface area contributed by atoms with Crippen molar-refractivity contribution in [3.63, 3.8) is 0 Å². The summed E-state index contributed by atoms with van der Waals surface area (Å²) in [5, 5.41) is 17.5. The van der Waals surface area contributed by atoms with Crippen molar-refractivity contribution in [2.24, 2.45) is 12.5 Å². The first-order valence-corrected chi connectivity index (χ1v) is 9.42. The number of nitrogens with one attached hydrogen (secondary N) is 1. The first kappa shape index (κ1) is 18.6. The fourth-order valence-corrected chi connectivity index (χ4v) is 5.55. The van der Waals surface area contributed by atoms with Crippen LogP contribution in [0.2, 0.25) is 0 Å². The number of aromatic nitrogens is 2. The smallest absolute Gasteiger partial charge is 0.390 e. The molecule has 2 aromatic rings. The van der Waals surface area contributed by atoms with Crippen LogP contribution in [0.4, 0.5) is 18.9 Å². The first-order valence-electron chi connectivity index (χ1n) is 9.42. The molecule has 2 saturated heterocycles. The van der Waals surface area contributed by atoms with E-state index in [2.05, 4.69) is 10.4 Å². The molecule has 0 spiro atoms. The average molecular weight is 407 g/mol. The summed E-state index contributed by atoms with van der Waals surface area (Å²) in [5.74, 6) is -0.375. The minimum atomic E-state index is -4.49. The molecule has 9 heteroatoms. The second kappa shape index (κ2) is 5.60. The van der Waals surface area contributed by atoms with Crippen LogP contribution in [0.25, 0.3) is 0 Å². The summed E-state index contributed by atoms with van der Waals surface area (Å²) in [5.41, 5.74) is -0.753. The van der Waals surface area contributed by atoms with Crippen molar-refractivity contribution in [1.29, 1.82) is 0 Å². The molecule has 3 aliphatic rings. The van der Waals surface area contributed by atoms with Gasteiger partial charge >= 0.3 is 6.18 Å². The molecule has 6 nitrogen and oxygen atoms in total. The van der Waals surface area contributed by atoms with E-state index in [4.69, 9.17) is 4.74 Å². The molecule has 1 aromatic heterocycles. The minimum Gasteiger partial charge on any atom is -0.390 e. The number of alkyl halides is 3. The Bertz CT molecular complexity index is 1020. The summed E-state index contributed by atoms with van der Waals surface area (Å²) in [7, 11) is 1.78. The monoisotopic (exact) mass is 407 g/mol. The predicted molar refractivity (Wildman–Crippen MR) is 96.0 cm³/mol. The Morgan fingerprint density at radius 1 is 1.41 bits per heavy atom. The van der Waals surface area contributed by atoms with Crippen LogP contribution in [-0.4, -0.2) is 39.1 Å². The van der Waals surface area contributed by atoms with Gasteiger partial charge in [-0.05, 0) is 31.5 Å². The van der Waals surface area contributed by atoms with Crippen molar-refractivity contribution >= 4 is 11.6 Å². The van der Waals surface area contributed by atoms with E-state index < -0.39 is 40.9 Å². The fraction of sp³-hybridized carbons (Fsp3) is 0.500. The summed E-state index contributed by atoms with van der Waals surface area (Å²) in [6.07, 6.45) is -3.53. The molecule has 154 valence electrons. The predicted octanol–water partition coefficient (Wildman–Crippen LogP) is 2.55. The Morgan fingerprint density at radius 2 is 2.17 bits per heavy atom. The van der Waals surface area contributed by atoms with E-state index >= 15 is 0 Å². The van der Waals surface area contributed by atoms with Gasteiger partial charge in [0, 0.05) is 36.3 Å². The van der Waals surface area contributed by atoms with Gasteiger partial charge in [-0.3, -0.25) is 9.48 Å². The van der Waals surface area contributed by atoms with E-state index in [0.29, 0.717) is 12.8 Å². The summed E-state index contributed by atoms with van der Waals surface area (Å²) in [4.78, 5) is 13.4. The molecule has 5 atom stereocenters. The maximum absolute atomic E-state index is 13.4. The number of aliphatic hydroxyl groups is 1. The number of carbonyl (C=O) groups is 1. The van der Waals surface area contributed by atoms with Gasteiger partial charge in [-0.15, -0.1) is 0 Å². The lowest BCUT2D eigenvalue weighted by atomic mass is 9.74. The minimum absolute atomic E-state index is 0.0891. The number of amides is 1. The maximum atomic E-state index is 13.4. The van der Waals surface area contributed by atoms with Gasteiger partial charge in [0.2, 0.25) is 5.91 Å². The standard InChI is InChI=1S/C20H20F3N3O3/c1-10-13(8-26(2)25-10)18-9-19(18,15-7-14(27)16(18)29-15)17(28)24-12-5-3-4-11(6-12)20(21,22)23/h3-6,8,14-16,27H,7,9H2,1-2H3,(H,24,28)/t14-,15+,16-,18+,19+/m0/s1. The van der Waals surface area contributed by atoms with E-state index in [-0.39, 0.29) is 11.6 Å². The highest BCUT2D eigenvalue weighted by molar-refractivity contribution is 6.01. The Labute approximate surface area is 164 Å². The number of nitrogens with zero attached hydrogens (tertiary/aromatic N) is 2. The van der Waals surface area contributed by atoms with E-state index in [0.717, 1.165) is 23.4 Å². The molecule has 2 N–H and O–H groups in total. The zero-order valence-corrected chi connectivity index (χ0v) is 15.8. The number of rotatable bonds is 3. The number of anilines is 1. The van der Waals surface area contributed by atoms with Gasteiger partial charge in [0.15, 0.2) is 0 Å². The van der Waals surface area contributed by atoms with Gasteiger partial charge < -0.3 is 15.2 Å². The lowest BCUT2D eigenvalue weighted by Crippen LogP contribution is -2.44. The van der Waals surface area contributed by atoms with Crippen molar-refractivity contribution in [2.45, 2.75) is 49.7 Å². The lowest BCUT2D eigenvalue weighted by Gasteiger charge is -2.29. The Balaban J connectivity index is 1.51. The van der Waals surface area contributed by atoms with E-state index in [1.54, 1.807) is 11.7 Å². The van der Waals surface area contributed by atoms with E-state index in [1.807, 2.05) is 13.1 Å². The number of ether oxygens (including phenoxy) is 1. The van der Waals surface area contributed by atoms with Crippen molar-refractivity contribution < 1.29 is 27.8 Å². The van der Waals surface area contributed by atoms with Crippen LogP contribution in [-0.2, 0) is 28.2 Å². The molecule has 1 aromatic carbocycles. The van der Waals surface area contributed by atoms with Crippen molar-refractivity contribution in [1.82, 2.24) is 9.78 Å². The van der Waals surface area contributed by atoms with Crippen molar-refractivity contribution in [3.05, 3.63) is 47.3 Å². The van der Waals surface area contributed by atoms with Crippen LogP contribution < -0.4 is 5.32 Å². The van der Waals surface area contributed by atoms with Gasteiger partial charge in [0.25, 0.3) is 0 Å². The van der Waals surface area contributed by atoms with Crippen LogP contribution >= 0.6 is 0 Å². The van der Waals surface area contributed by atoms with Crippen LogP contribution in [0, 0.1) is 12.3 Å². The number of halogens is 3. The molecule has 3 heterocycles. The molecule has 1 amide bonds. The zero-order chi connectivity index (χ0) is 20.8. The maximum Gasteiger partial charge on any atom is 0.416 e. The number of benzene rings is 1. The van der Waals surface area contributed by atoms with Crippen LogP contribution in [0.15, 0.2) is 30.5 Å². The van der Waals surface area contributed by atoms with Gasteiger partial charge in [0.05, 0.1) is 35.0 Å². The molecule has 2 bridgehead atoms. The highest BCUT2D eigenvalue weighted by Crippen LogP contribution is 2.78. The quantitative estimate of drug-likeness (QED) is 0.820. The lowest BCUT2D eigenvalue weighted by molar-refractivity contribution is -0.137. The summed E-state index contributed by atoms with van der Waals surface area (Å²) in [6.45, 7) is 1.84. The third kappa shape index (κ3) is 2.31. The summed E-state index contributed by atoms with van der Waals surface area (Å²) < 4.78 is 46.7. The fourth-order valence-electron chi connectivity index (χ4n) is 5.55. The summed E-state index contributed by atoms with van der Waals surface area (Å²) >= 11 is 0. The summed E-state index contributed by atoms with van der Waals surface area (Å²) in [6, 6.07) is 4.59. The molecule has 0 radical (unpaired) electrons. The first-order chi connectivity index (χ1) is 13.6. The molecule has 2 aliphatic heterocycles. The van der Waals surface area contributed by atoms with Gasteiger partial charge in [0.1, 0.15) is 0 Å². The molecule has 3 fully saturated rings. The number of fused-ring (bicyclic) bond motifs is 5. The topological polar surface area (TPSA) is 76.4 Å². The Morgan fingerprint density at radius 3 is 2.83 bits per heavy atom. The molecule has 0 unspecified atom stereocenters. The van der Waals surface area contributed by atoms with Crippen LogP contribution in [0.3, 0.4) is 0 Å². The zero-order valence-electron chi connectivity index (χ0n) is 15.8. The largest absolute Gasteiger partial charge is 0.416 e. The van der Waals surface area contributed by atoms with E-state index in [1.165, 1.54) is 12.1 Å². The number of aryl methyl sites for hydroxylation is 2. The highest BCUT2D eigenvalue weighted by atomic mass is 19.4. The third-order valence-corrected chi connectivity index (χ3v) is 6.73. The number of hydrogen-bond acceptors (Lipinski definition) is 4. The molecule has 5 rings (SSSR count). The second-order valence-corrected chi connectivity index (χ2v) is 8.30. The average Bonchev–Trinajstić information content (AvgIpc) is 2.86. The number of hydrogen-bond donors (Lipinski definition) is 2. The number of aliphatic hydroxyl groups excluding tert-OH is 1. The Hall–Kier alpha value is -2.39. The molecule has 29 heavy (non-hydrogen) atoms. The van der Waals surface area contributed by atoms with Gasteiger partial charge in [-0.2, -0.15) is 18.3 Å². The van der Waals surface area contributed by atoms with Crippen LogP contribution in [0.5, 0.6) is 0 Å². The van der Waals surface area contributed by atoms with Gasteiger partial charge in [-0.25, -0.2) is 0 Å². The van der Waals surface area contributed by atoms with Crippen molar-refractivity contribution in [3.8, 4) is 0 Å². The number of carbonyl (C=O) groups excluding carboxylic acids is 1. The highest BCUT2D eigenvalue weighted by Gasteiger charge is 2.87.